The summed E-state index contributed by atoms with van der Waals surface area (Å²) in [6.07, 6.45) is -0.0567. The zero-order valence-corrected chi connectivity index (χ0v) is 15.9. The van der Waals surface area contributed by atoms with Gasteiger partial charge >= 0.3 is 5.97 Å². The lowest BCUT2D eigenvalue weighted by Gasteiger charge is -2.42. The Hall–Kier alpha value is -3.27. The van der Waals surface area contributed by atoms with E-state index in [1.807, 2.05) is 6.92 Å². The fraction of sp³-hybridized carbons (Fsp3) is 0.421. The number of aromatic amines is 1. The highest BCUT2D eigenvalue weighted by molar-refractivity contribution is 5.93. The summed E-state index contributed by atoms with van der Waals surface area (Å²) in [7, 11) is 0. The quantitative estimate of drug-likeness (QED) is 0.541. The number of hydrogen-bond donors (Lipinski definition) is 4. The van der Waals surface area contributed by atoms with E-state index in [9.17, 15) is 24.6 Å². The zero-order valence-electron chi connectivity index (χ0n) is 15.9. The standard InChI is InChI=1S/C18H21N3O5.CH2O2/c1-2-7-18(17(25)26)8-9-21(10-13(18)22)16(24)14-19-12-6-4-3-5-11(12)15(23)20-14;2-1-3/h3-6,13,22H,2,7-10H2,1H3,(H,25,26)(H,19,20,23);1H,(H,2,3)/t13-,18-;/m0./s1. The molecule has 4 N–H and O–H groups in total. The molecule has 1 saturated heterocycles. The van der Waals surface area contributed by atoms with Gasteiger partial charge in [-0.1, -0.05) is 25.5 Å². The Morgan fingerprint density at radius 3 is 2.62 bits per heavy atom. The number of H-pyrrole nitrogens is 1. The molecule has 0 radical (unpaired) electrons. The van der Waals surface area contributed by atoms with Gasteiger partial charge in [-0.2, -0.15) is 0 Å². The van der Waals surface area contributed by atoms with Gasteiger partial charge < -0.3 is 25.2 Å². The molecule has 156 valence electrons. The van der Waals surface area contributed by atoms with Crippen LogP contribution in [0.1, 0.15) is 36.8 Å². The fourth-order valence-electron chi connectivity index (χ4n) is 3.59. The highest BCUT2D eigenvalue weighted by atomic mass is 16.4. The Kier molecular flexibility index (Phi) is 7.05. The van der Waals surface area contributed by atoms with Crippen molar-refractivity contribution < 1.29 is 29.7 Å². The van der Waals surface area contributed by atoms with Crippen LogP contribution in [0.15, 0.2) is 29.1 Å². The largest absolute Gasteiger partial charge is 0.483 e. The summed E-state index contributed by atoms with van der Waals surface area (Å²) < 4.78 is 0. The number of aromatic nitrogens is 2. The van der Waals surface area contributed by atoms with Crippen LogP contribution in [0.25, 0.3) is 10.9 Å². The number of likely N-dealkylation sites (tertiary alicyclic amines) is 1. The van der Waals surface area contributed by atoms with E-state index in [0.29, 0.717) is 23.7 Å². The van der Waals surface area contributed by atoms with Gasteiger partial charge in [-0.25, -0.2) is 4.98 Å². The summed E-state index contributed by atoms with van der Waals surface area (Å²) in [6, 6.07) is 6.69. The molecule has 29 heavy (non-hydrogen) atoms. The van der Waals surface area contributed by atoms with Crippen molar-refractivity contribution >= 4 is 29.3 Å². The molecule has 0 aliphatic carbocycles. The molecule has 10 heteroatoms. The lowest BCUT2D eigenvalue weighted by atomic mass is 9.73. The number of aliphatic hydroxyl groups excluding tert-OH is 1. The van der Waals surface area contributed by atoms with Crippen LogP contribution < -0.4 is 5.56 Å². The van der Waals surface area contributed by atoms with Crippen molar-refractivity contribution in [3.05, 3.63) is 40.4 Å². The van der Waals surface area contributed by atoms with E-state index in [1.165, 1.54) is 4.90 Å². The number of nitrogens with one attached hydrogen (secondary N) is 1. The summed E-state index contributed by atoms with van der Waals surface area (Å²) in [5, 5.41) is 27.3. The monoisotopic (exact) mass is 405 g/mol. The third kappa shape index (κ3) is 4.43. The number of para-hydroxylation sites is 1. The van der Waals surface area contributed by atoms with Crippen molar-refractivity contribution in [2.24, 2.45) is 5.41 Å². The van der Waals surface area contributed by atoms with Crippen molar-refractivity contribution in [1.29, 1.82) is 0 Å². The summed E-state index contributed by atoms with van der Waals surface area (Å²) >= 11 is 0. The molecule has 0 bridgehead atoms. The predicted octanol–water partition coefficient (Wildman–Crippen LogP) is 0.702. The third-order valence-electron chi connectivity index (χ3n) is 5.08. The summed E-state index contributed by atoms with van der Waals surface area (Å²) in [5.74, 6) is -1.68. The average molecular weight is 405 g/mol. The number of carbonyl (C=O) groups is 3. The first kappa shape index (κ1) is 22.0. The van der Waals surface area contributed by atoms with Crippen molar-refractivity contribution in [3.8, 4) is 0 Å². The molecule has 1 aliphatic heterocycles. The maximum atomic E-state index is 12.7. The molecule has 0 saturated carbocycles. The van der Waals surface area contributed by atoms with Crippen molar-refractivity contribution in [1.82, 2.24) is 14.9 Å². The number of fused-ring (bicyclic) bond motifs is 1. The number of aliphatic carboxylic acids is 1. The first-order chi connectivity index (χ1) is 13.8. The van der Waals surface area contributed by atoms with Gasteiger partial charge in [0.25, 0.3) is 17.9 Å². The van der Waals surface area contributed by atoms with Gasteiger partial charge in [-0.05, 0) is 25.0 Å². The molecule has 2 heterocycles. The van der Waals surface area contributed by atoms with Crippen LogP contribution in [-0.4, -0.2) is 67.7 Å². The molecule has 1 aromatic heterocycles. The van der Waals surface area contributed by atoms with Gasteiger partial charge in [0.1, 0.15) is 0 Å². The first-order valence-corrected chi connectivity index (χ1v) is 9.08. The second-order valence-corrected chi connectivity index (χ2v) is 6.77. The van der Waals surface area contributed by atoms with Crippen LogP contribution in [-0.2, 0) is 9.59 Å². The van der Waals surface area contributed by atoms with Gasteiger partial charge in [0.15, 0.2) is 5.82 Å². The smallest absolute Gasteiger partial charge is 0.312 e. The number of carbonyl (C=O) groups excluding carboxylic acids is 1. The zero-order chi connectivity index (χ0) is 21.6. The van der Waals surface area contributed by atoms with E-state index >= 15 is 0 Å². The Morgan fingerprint density at radius 1 is 1.38 bits per heavy atom. The number of rotatable bonds is 4. The highest BCUT2D eigenvalue weighted by Crippen LogP contribution is 2.37. The molecule has 1 fully saturated rings. The molecule has 3 rings (SSSR count). The van der Waals surface area contributed by atoms with Crippen LogP contribution in [0.5, 0.6) is 0 Å². The van der Waals surface area contributed by atoms with Crippen molar-refractivity contribution in [3.63, 3.8) is 0 Å². The van der Waals surface area contributed by atoms with E-state index in [0.717, 1.165) is 0 Å². The normalized spacial score (nSPS) is 21.2. The van der Waals surface area contributed by atoms with Gasteiger partial charge in [-0.15, -0.1) is 0 Å². The summed E-state index contributed by atoms with van der Waals surface area (Å²) in [4.78, 5) is 52.9. The number of carboxylic acids is 1. The SMILES string of the molecule is CCC[C@]1(C(=O)O)CCN(C(=O)c2nc3ccccc3c(=O)[nH]2)C[C@@H]1O.O=CO. The Morgan fingerprint density at radius 2 is 2.03 bits per heavy atom. The van der Waals surface area contributed by atoms with Crippen LogP contribution in [0.2, 0.25) is 0 Å². The Bertz CT molecular complexity index is 958. The van der Waals surface area contributed by atoms with Crippen molar-refractivity contribution in [2.45, 2.75) is 32.3 Å². The number of β-amino-alcohol motifs (C(OH)–C–C–N with tert-alkyl or cyclic N) is 1. The lowest BCUT2D eigenvalue weighted by molar-refractivity contribution is -0.162. The van der Waals surface area contributed by atoms with E-state index in [4.69, 9.17) is 9.90 Å². The highest BCUT2D eigenvalue weighted by Gasteiger charge is 2.48. The number of nitrogens with zero attached hydrogens (tertiary/aromatic N) is 2. The topological polar surface area (TPSA) is 161 Å². The first-order valence-electron chi connectivity index (χ1n) is 9.08. The number of amides is 1. The second kappa shape index (κ2) is 9.28. The van der Waals surface area contributed by atoms with Crippen molar-refractivity contribution in [2.75, 3.05) is 13.1 Å². The number of benzene rings is 1. The molecular formula is C19H23N3O7. The lowest BCUT2D eigenvalue weighted by Crippen LogP contribution is -2.56. The molecule has 0 spiro atoms. The molecule has 2 atom stereocenters. The molecular weight excluding hydrogens is 382 g/mol. The minimum Gasteiger partial charge on any atom is -0.483 e. The van der Waals surface area contributed by atoms with Gasteiger partial charge in [0.05, 0.1) is 22.4 Å². The van der Waals surface area contributed by atoms with Crippen LogP contribution in [0.4, 0.5) is 0 Å². The molecule has 10 nitrogen and oxygen atoms in total. The fourth-order valence-corrected chi connectivity index (χ4v) is 3.59. The molecule has 1 amide bonds. The number of aliphatic hydroxyl groups is 1. The minimum absolute atomic E-state index is 0.109. The second-order valence-electron chi connectivity index (χ2n) is 6.77. The molecule has 2 aromatic rings. The molecule has 1 aromatic carbocycles. The van der Waals surface area contributed by atoms with E-state index < -0.39 is 29.0 Å². The molecule has 1 aliphatic rings. The average Bonchev–Trinajstić information content (AvgIpc) is 2.69. The van der Waals surface area contributed by atoms with E-state index in [2.05, 4.69) is 9.97 Å². The van der Waals surface area contributed by atoms with E-state index in [1.54, 1.807) is 24.3 Å². The summed E-state index contributed by atoms with van der Waals surface area (Å²) in [5.41, 5.74) is -1.25. The van der Waals surface area contributed by atoms with E-state index in [-0.39, 0.29) is 31.8 Å². The van der Waals surface area contributed by atoms with Gasteiger partial charge in [0.2, 0.25) is 0 Å². The maximum Gasteiger partial charge on any atom is 0.312 e. The van der Waals surface area contributed by atoms with Crippen LogP contribution >= 0.6 is 0 Å². The van der Waals surface area contributed by atoms with Gasteiger partial charge in [-0.3, -0.25) is 19.2 Å². The number of carboxylic acid groups (broad SMARTS) is 2. The predicted molar refractivity (Wildman–Crippen MR) is 103 cm³/mol. The minimum atomic E-state index is -1.24. The number of hydrogen-bond acceptors (Lipinski definition) is 6. The Balaban J connectivity index is 0.000000941. The van der Waals surface area contributed by atoms with Gasteiger partial charge in [0, 0.05) is 13.1 Å². The van der Waals surface area contributed by atoms with Crippen LogP contribution in [0.3, 0.4) is 0 Å². The molecule has 0 unspecified atom stereocenters. The van der Waals surface area contributed by atoms with Crippen LogP contribution in [0, 0.1) is 5.41 Å². The Labute approximate surface area is 165 Å². The summed E-state index contributed by atoms with van der Waals surface area (Å²) in [6.45, 7) is 1.68. The third-order valence-corrected chi connectivity index (χ3v) is 5.08. The maximum absolute atomic E-state index is 12.7. The number of piperidine rings is 1.